The molecule has 0 heterocycles. The summed E-state index contributed by atoms with van der Waals surface area (Å²) in [6.45, 7) is 0.560. The molecule has 0 unspecified atom stereocenters. The summed E-state index contributed by atoms with van der Waals surface area (Å²) in [5.74, 6) is 0.845. The Kier molecular flexibility index (Phi) is 5.78. The predicted octanol–water partition coefficient (Wildman–Crippen LogP) is 1.99. The fourth-order valence-corrected chi connectivity index (χ4v) is 1.66. The van der Waals surface area contributed by atoms with E-state index in [2.05, 4.69) is 5.32 Å². The number of hydrogen-bond acceptors (Lipinski definition) is 5. The van der Waals surface area contributed by atoms with E-state index < -0.39 is 5.97 Å². The van der Waals surface area contributed by atoms with E-state index in [1.54, 1.807) is 33.5 Å². The zero-order valence-electron chi connectivity index (χ0n) is 11.4. The Hall–Kier alpha value is -2.11. The molecular formula is C13H19NO5. The third-order valence-electron chi connectivity index (χ3n) is 2.56. The Morgan fingerprint density at radius 1 is 1.16 bits per heavy atom. The predicted molar refractivity (Wildman–Crippen MR) is 71.5 cm³/mol. The molecule has 106 valence electrons. The number of carboxylic acid groups (broad SMARTS) is 1. The highest BCUT2D eigenvalue weighted by molar-refractivity contribution is 5.66. The normalized spacial score (nSPS) is 9.84. The van der Waals surface area contributed by atoms with Crippen LogP contribution < -0.4 is 19.5 Å². The summed E-state index contributed by atoms with van der Waals surface area (Å²) in [5, 5.41) is 11.7. The molecule has 2 N–H and O–H groups in total. The maximum atomic E-state index is 10.4. The minimum atomic E-state index is -0.799. The Morgan fingerprint density at radius 2 is 1.74 bits per heavy atom. The maximum Gasteiger partial charge on any atom is 0.303 e. The molecule has 1 rings (SSSR count). The second-order valence-electron chi connectivity index (χ2n) is 3.84. The molecule has 0 spiro atoms. The molecule has 0 radical (unpaired) electrons. The van der Waals surface area contributed by atoms with Crippen LogP contribution in [0.5, 0.6) is 17.2 Å². The van der Waals surface area contributed by atoms with Crippen LogP contribution in [0.2, 0.25) is 0 Å². The van der Waals surface area contributed by atoms with E-state index in [1.807, 2.05) is 0 Å². The van der Waals surface area contributed by atoms with Gasteiger partial charge in [0.2, 0.25) is 5.75 Å². The van der Waals surface area contributed by atoms with E-state index >= 15 is 0 Å². The lowest BCUT2D eigenvalue weighted by molar-refractivity contribution is -0.137. The average molecular weight is 269 g/mol. The van der Waals surface area contributed by atoms with E-state index in [1.165, 1.54) is 0 Å². The second-order valence-corrected chi connectivity index (χ2v) is 3.84. The summed E-state index contributed by atoms with van der Waals surface area (Å²) in [6, 6.07) is 3.56. The molecule has 0 amide bonds. The summed E-state index contributed by atoms with van der Waals surface area (Å²) >= 11 is 0. The first-order valence-corrected chi connectivity index (χ1v) is 5.88. The van der Waals surface area contributed by atoms with Gasteiger partial charge < -0.3 is 24.6 Å². The first-order valence-electron chi connectivity index (χ1n) is 5.88. The van der Waals surface area contributed by atoms with Gasteiger partial charge in [0.15, 0.2) is 11.5 Å². The van der Waals surface area contributed by atoms with Crippen molar-refractivity contribution in [1.82, 2.24) is 0 Å². The smallest absolute Gasteiger partial charge is 0.303 e. The SMILES string of the molecule is COc1cc(NCCCC(=O)O)cc(OC)c1OC. The summed E-state index contributed by atoms with van der Waals surface area (Å²) in [4.78, 5) is 10.4. The monoisotopic (exact) mass is 269 g/mol. The van der Waals surface area contributed by atoms with Crippen molar-refractivity contribution >= 4 is 11.7 Å². The highest BCUT2D eigenvalue weighted by atomic mass is 16.5. The van der Waals surface area contributed by atoms with Gasteiger partial charge in [0, 0.05) is 30.8 Å². The third-order valence-corrected chi connectivity index (χ3v) is 2.56. The topological polar surface area (TPSA) is 77.0 Å². The third kappa shape index (κ3) is 4.24. The molecule has 0 saturated heterocycles. The molecule has 0 aliphatic rings. The van der Waals surface area contributed by atoms with Gasteiger partial charge in [-0.25, -0.2) is 0 Å². The first-order chi connectivity index (χ1) is 9.12. The van der Waals surface area contributed by atoms with Crippen LogP contribution in [0.15, 0.2) is 12.1 Å². The molecule has 0 saturated carbocycles. The van der Waals surface area contributed by atoms with Crippen molar-refractivity contribution in [3.05, 3.63) is 12.1 Å². The van der Waals surface area contributed by atoms with E-state index in [-0.39, 0.29) is 6.42 Å². The van der Waals surface area contributed by atoms with Gasteiger partial charge in [0.05, 0.1) is 21.3 Å². The van der Waals surface area contributed by atoms with Gasteiger partial charge in [-0.3, -0.25) is 4.79 Å². The molecule has 6 heteroatoms. The number of carbonyl (C=O) groups is 1. The van der Waals surface area contributed by atoms with Gasteiger partial charge in [0.1, 0.15) is 0 Å². The number of carboxylic acids is 1. The number of methoxy groups -OCH3 is 3. The van der Waals surface area contributed by atoms with Crippen molar-refractivity contribution in [1.29, 1.82) is 0 Å². The van der Waals surface area contributed by atoms with Crippen LogP contribution in [0.3, 0.4) is 0 Å². The molecule has 0 aliphatic carbocycles. The van der Waals surface area contributed by atoms with Gasteiger partial charge in [-0.05, 0) is 6.42 Å². The highest BCUT2D eigenvalue weighted by Crippen LogP contribution is 2.39. The quantitative estimate of drug-likeness (QED) is 0.703. The van der Waals surface area contributed by atoms with E-state index in [9.17, 15) is 4.79 Å². The molecule has 0 aliphatic heterocycles. The number of rotatable bonds is 8. The number of aliphatic carboxylic acids is 1. The zero-order chi connectivity index (χ0) is 14.3. The minimum absolute atomic E-state index is 0.136. The Labute approximate surface area is 112 Å². The Morgan fingerprint density at radius 3 is 2.16 bits per heavy atom. The number of nitrogens with one attached hydrogen (secondary N) is 1. The summed E-state index contributed by atoms with van der Waals surface area (Å²) in [6.07, 6.45) is 0.684. The van der Waals surface area contributed by atoms with Crippen LogP contribution in [-0.2, 0) is 4.79 Å². The molecular weight excluding hydrogens is 250 g/mol. The van der Waals surface area contributed by atoms with Crippen molar-refractivity contribution in [2.75, 3.05) is 33.2 Å². The van der Waals surface area contributed by atoms with Crippen molar-refractivity contribution < 1.29 is 24.1 Å². The van der Waals surface area contributed by atoms with Crippen molar-refractivity contribution in [3.63, 3.8) is 0 Å². The molecule has 0 bridgehead atoms. The minimum Gasteiger partial charge on any atom is -0.493 e. The van der Waals surface area contributed by atoms with E-state index in [0.29, 0.717) is 30.2 Å². The van der Waals surface area contributed by atoms with Crippen LogP contribution in [0.25, 0.3) is 0 Å². The highest BCUT2D eigenvalue weighted by Gasteiger charge is 2.12. The number of hydrogen-bond donors (Lipinski definition) is 2. The fourth-order valence-electron chi connectivity index (χ4n) is 1.66. The van der Waals surface area contributed by atoms with Gasteiger partial charge in [-0.15, -0.1) is 0 Å². The van der Waals surface area contributed by atoms with Gasteiger partial charge in [-0.2, -0.15) is 0 Å². The van der Waals surface area contributed by atoms with Crippen molar-refractivity contribution in [2.24, 2.45) is 0 Å². The molecule has 6 nitrogen and oxygen atoms in total. The van der Waals surface area contributed by atoms with E-state index in [0.717, 1.165) is 5.69 Å². The lowest BCUT2D eigenvalue weighted by Crippen LogP contribution is -2.05. The number of anilines is 1. The Balaban J connectivity index is 2.76. The molecule has 19 heavy (non-hydrogen) atoms. The lowest BCUT2D eigenvalue weighted by Gasteiger charge is -2.14. The van der Waals surface area contributed by atoms with E-state index in [4.69, 9.17) is 19.3 Å². The van der Waals surface area contributed by atoms with Gasteiger partial charge in [-0.1, -0.05) is 0 Å². The number of ether oxygens (including phenoxy) is 3. The number of benzene rings is 1. The molecule has 0 fully saturated rings. The standard InChI is InChI=1S/C13H19NO5/c1-17-10-7-9(14-6-4-5-12(15)16)8-11(18-2)13(10)19-3/h7-8,14H,4-6H2,1-3H3,(H,15,16). The fraction of sp³-hybridized carbons (Fsp3) is 0.462. The largest absolute Gasteiger partial charge is 0.493 e. The van der Waals surface area contributed by atoms with Gasteiger partial charge >= 0.3 is 5.97 Å². The van der Waals surface area contributed by atoms with Crippen molar-refractivity contribution in [3.8, 4) is 17.2 Å². The summed E-state index contributed by atoms with van der Waals surface area (Å²) in [5.41, 5.74) is 0.792. The molecule has 1 aromatic rings. The lowest BCUT2D eigenvalue weighted by atomic mass is 10.2. The van der Waals surface area contributed by atoms with Crippen LogP contribution in [0.1, 0.15) is 12.8 Å². The van der Waals surface area contributed by atoms with Crippen LogP contribution >= 0.6 is 0 Å². The zero-order valence-corrected chi connectivity index (χ0v) is 11.4. The van der Waals surface area contributed by atoms with Crippen LogP contribution in [-0.4, -0.2) is 38.9 Å². The Bertz CT molecular complexity index is 408. The maximum absolute atomic E-state index is 10.4. The summed E-state index contributed by atoms with van der Waals surface area (Å²) in [7, 11) is 4.64. The van der Waals surface area contributed by atoms with Gasteiger partial charge in [0.25, 0.3) is 0 Å². The second kappa shape index (κ2) is 7.35. The first kappa shape index (κ1) is 14.9. The average Bonchev–Trinajstić information content (AvgIpc) is 2.42. The van der Waals surface area contributed by atoms with Crippen LogP contribution in [0, 0.1) is 0 Å². The molecule has 1 aromatic carbocycles. The van der Waals surface area contributed by atoms with Crippen molar-refractivity contribution in [2.45, 2.75) is 12.8 Å². The molecule has 0 atom stereocenters. The van der Waals surface area contributed by atoms with Crippen LogP contribution in [0.4, 0.5) is 5.69 Å². The molecule has 0 aromatic heterocycles. The summed E-state index contributed by atoms with van der Waals surface area (Å²) < 4.78 is 15.7.